The average molecular weight is 394 g/mol. The maximum Gasteiger partial charge on any atom is 0.287 e. The minimum Gasteiger partial charge on any atom is -0.451 e. The number of rotatable bonds is 6. The van der Waals surface area contributed by atoms with Crippen LogP contribution in [0.2, 0.25) is 0 Å². The molecule has 0 radical (unpaired) electrons. The summed E-state index contributed by atoms with van der Waals surface area (Å²) in [6, 6.07) is 17.9. The van der Waals surface area contributed by atoms with Gasteiger partial charge in [-0.25, -0.2) is 0 Å². The molecule has 1 atom stereocenters. The number of furan rings is 1. The fourth-order valence-corrected chi connectivity index (χ4v) is 5.30. The number of benzene rings is 2. The Balaban J connectivity index is 1.55. The molecule has 1 aliphatic carbocycles. The quantitative estimate of drug-likeness (QED) is 0.520. The minimum absolute atomic E-state index is 0.0687. The van der Waals surface area contributed by atoms with Crippen molar-refractivity contribution in [3.05, 3.63) is 71.5 Å². The van der Waals surface area contributed by atoms with E-state index in [0.29, 0.717) is 11.0 Å². The highest BCUT2D eigenvalue weighted by Crippen LogP contribution is 2.35. The molecule has 1 fully saturated rings. The van der Waals surface area contributed by atoms with Crippen molar-refractivity contribution in [1.29, 1.82) is 0 Å². The molecule has 3 nitrogen and oxygen atoms in total. The highest BCUT2D eigenvalue weighted by Gasteiger charge is 2.23. The molecule has 1 saturated carbocycles. The van der Waals surface area contributed by atoms with Crippen molar-refractivity contribution in [2.24, 2.45) is 0 Å². The number of hydrogen-bond acceptors (Lipinski definition) is 3. The molecule has 0 aliphatic heterocycles. The summed E-state index contributed by atoms with van der Waals surface area (Å²) in [5.41, 5.74) is 2.91. The molecule has 0 bridgehead atoms. The van der Waals surface area contributed by atoms with Crippen LogP contribution in [-0.4, -0.2) is 11.2 Å². The summed E-state index contributed by atoms with van der Waals surface area (Å²) in [5, 5.41) is 4.86. The van der Waals surface area contributed by atoms with Crippen LogP contribution in [0.4, 0.5) is 0 Å². The summed E-state index contributed by atoms with van der Waals surface area (Å²) in [7, 11) is 0. The fourth-order valence-electron chi connectivity index (χ4n) is 3.95. The third-order valence-corrected chi connectivity index (χ3v) is 6.97. The van der Waals surface area contributed by atoms with Crippen LogP contribution in [0.5, 0.6) is 0 Å². The van der Waals surface area contributed by atoms with Crippen LogP contribution < -0.4 is 5.32 Å². The topological polar surface area (TPSA) is 42.2 Å². The van der Waals surface area contributed by atoms with E-state index in [0.717, 1.165) is 27.8 Å². The number of fused-ring (bicyclic) bond motifs is 1. The second-order valence-corrected chi connectivity index (χ2v) is 8.87. The monoisotopic (exact) mass is 393 g/mol. The van der Waals surface area contributed by atoms with Gasteiger partial charge in [-0.05, 0) is 31.4 Å². The molecule has 4 heteroatoms. The van der Waals surface area contributed by atoms with Crippen LogP contribution in [0.1, 0.15) is 66.8 Å². The van der Waals surface area contributed by atoms with Gasteiger partial charge < -0.3 is 9.73 Å². The molecule has 2 aromatic carbocycles. The lowest BCUT2D eigenvalue weighted by Crippen LogP contribution is -2.27. The van der Waals surface area contributed by atoms with Gasteiger partial charge in [0.05, 0.1) is 6.04 Å². The van der Waals surface area contributed by atoms with E-state index in [1.807, 2.05) is 67.2 Å². The number of thioether (sulfide) groups is 1. The van der Waals surface area contributed by atoms with E-state index >= 15 is 0 Å². The lowest BCUT2D eigenvalue weighted by Gasteiger charge is -2.21. The van der Waals surface area contributed by atoms with E-state index in [9.17, 15) is 4.79 Å². The molecular weight excluding hydrogens is 366 g/mol. The maximum atomic E-state index is 13.1. The molecule has 1 aromatic heterocycles. The van der Waals surface area contributed by atoms with Gasteiger partial charge in [-0.2, -0.15) is 11.8 Å². The zero-order valence-electron chi connectivity index (χ0n) is 16.3. The highest BCUT2D eigenvalue weighted by molar-refractivity contribution is 7.99. The predicted molar refractivity (Wildman–Crippen MR) is 117 cm³/mol. The van der Waals surface area contributed by atoms with E-state index in [4.69, 9.17) is 4.42 Å². The number of carbonyl (C=O) groups is 1. The summed E-state index contributed by atoms with van der Waals surface area (Å²) >= 11 is 1.98. The Morgan fingerprint density at radius 2 is 1.79 bits per heavy atom. The Morgan fingerprint density at radius 1 is 1.07 bits per heavy atom. The summed E-state index contributed by atoms with van der Waals surface area (Å²) in [6.07, 6.45) is 6.58. The Labute approximate surface area is 170 Å². The molecule has 3 aromatic rings. The highest BCUT2D eigenvalue weighted by atomic mass is 32.2. The second kappa shape index (κ2) is 8.87. The standard InChI is InChI=1S/C24H27NO2S/c1-17(18-10-4-2-5-11-18)25-24(26)23-21(16-28-19-12-6-3-7-13-19)20-14-8-9-15-22(20)27-23/h2,4-5,8-11,14-15,17,19H,3,6-7,12-13,16H2,1H3,(H,25,26)/t17-/m1/s1. The molecule has 28 heavy (non-hydrogen) atoms. The first-order valence-electron chi connectivity index (χ1n) is 10.2. The van der Waals surface area contributed by atoms with Crippen molar-refractivity contribution >= 4 is 28.6 Å². The van der Waals surface area contributed by atoms with E-state index in [2.05, 4.69) is 11.4 Å². The predicted octanol–water partition coefficient (Wildman–Crippen LogP) is 6.49. The van der Waals surface area contributed by atoms with Gasteiger partial charge in [-0.3, -0.25) is 4.79 Å². The lowest BCUT2D eigenvalue weighted by molar-refractivity contribution is 0.0913. The first-order valence-corrected chi connectivity index (χ1v) is 11.2. The normalized spacial score (nSPS) is 16.2. The number of para-hydroxylation sites is 1. The SMILES string of the molecule is C[C@@H](NC(=O)c1oc2ccccc2c1CSC1CCCCC1)c1ccccc1. The molecule has 0 saturated heterocycles. The van der Waals surface area contributed by atoms with Gasteiger partial charge in [-0.1, -0.05) is 67.8 Å². The van der Waals surface area contributed by atoms with Crippen LogP contribution in [0.3, 0.4) is 0 Å². The largest absolute Gasteiger partial charge is 0.451 e. The molecule has 0 unspecified atom stereocenters. The average Bonchev–Trinajstić information content (AvgIpc) is 3.12. The van der Waals surface area contributed by atoms with Gasteiger partial charge in [0.2, 0.25) is 0 Å². The van der Waals surface area contributed by atoms with Crippen molar-refractivity contribution in [3.63, 3.8) is 0 Å². The van der Waals surface area contributed by atoms with Gasteiger partial charge >= 0.3 is 0 Å². The van der Waals surface area contributed by atoms with Gasteiger partial charge in [0.25, 0.3) is 5.91 Å². The third-order valence-electron chi connectivity index (χ3n) is 5.57. The van der Waals surface area contributed by atoms with Crippen LogP contribution in [-0.2, 0) is 5.75 Å². The lowest BCUT2D eigenvalue weighted by atomic mass is 10.0. The zero-order chi connectivity index (χ0) is 19.3. The Bertz CT molecular complexity index is 928. The second-order valence-electron chi connectivity index (χ2n) is 7.58. The minimum atomic E-state index is -0.133. The van der Waals surface area contributed by atoms with Gasteiger partial charge in [0.1, 0.15) is 5.58 Å². The van der Waals surface area contributed by atoms with E-state index in [1.165, 1.54) is 32.1 Å². The molecule has 0 spiro atoms. The molecule has 1 aliphatic rings. The molecular formula is C24H27NO2S. The molecule has 1 N–H and O–H groups in total. The van der Waals surface area contributed by atoms with Crippen molar-refractivity contribution < 1.29 is 9.21 Å². The van der Waals surface area contributed by atoms with Crippen molar-refractivity contribution in [2.75, 3.05) is 0 Å². The number of amides is 1. The van der Waals surface area contributed by atoms with Crippen molar-refractivity contribution in [2.45, 2.75) is 56.1 Å². The fraction of sp³-hybridized carbons (Fsp3) is 0.375. The summed E-state index contributed by atoms with van der Waals surface area (Å²) in [6.45, 7) is 2.01. The van der Waals surface area contributed by atoms with Crippen LogP contribution in [0.15, 0.2) is 59.0 Å². The van der Waals surface area contributed by atoms with Crippen LogP contribution >= 0.6 is 11.8 Å². The summed E-state index contributed by atoms with van der Waals surface area (Å²) in [4.78, 5) is 13.1. The Hall–Kier alpha value is -2.20. The number of carbonyl (C=O) groups excluding carboxylic acids is 1. The molecule has 1 amide bonds. The first kappa shape index (κ1) is 19.1. The Morgan fingerprint density at radius 3 is 2.57 bits per heavy atom. The van der Waals surface area contributed by atoms with E-state index in [-0.39, 0.29) is 11.9 Å². The summed E-state index contributed by atoms with van der Waals surface area (Å²) in [5.74, 6) is 1.16. The smallest absolute Gasteiger partial charge is 0.287 e. The maximum absolute atomic E-state index is 13.1. The van der Waals surface area contributed by atoms with Crippen LogP contribution in [0.25, 0.3) is 11.0 Å². The number of hydrogen-bond donors (Lipinski definition) is 1. The molecule has 1 heterocycles. The molecule has 4 rings (SSSR count). The van der Waals surface area contributed by atoms with Crippen molar-refractivity contribution in [3.8, 4) is 0 Å². The number of nitrogens with one attached hydrogen (secondary N) is 1. The zero-order valence-corrected chi connectivity index (χ0v) is 17.1. The van der Waals surface area contributed by atoms with Gasteiger partial charge in [0, 0.05) is 22.0 Å². The summed E-state index contributed by atoms with van der Waals surface area (Å²) < 4.78 is 6.01. The van der Waals surface area contributed by atoms with Crippen molar-refractivity contribution in [1.82, 2.24) is 5.32 Å². The van der Waals surface area contributed by atoms with Crippen LogP contribution in [0, 0.1) is 0 Å². The third kappa shape index (κ3) is 4.27. The van der Waals surface area contributed by atoms with Gasteiger partial charge in [0.15, 0.2) is 5.76 Å². The molecule has 146 valence electrons. The van der Waals surface area contributed by atoms with E-state index < -0.39 is 0 Å². The first-order chi connectivity index (χ1) is 13.7. The van der Waals surface area contributed by atoms with Gasteiger partial charge in [-0.15, -0.1) is 0 Å². The Kier molecular flexibility index (Phi) is 6.06. The van der Waals surface area contributed by atoms with E-state index in [1.54, 1.807) is 0 Å².